The highest BCUT2D eigenvalue weighted by molar-refractivity contribution is 7.84. The van der Waals surface area contributed by atoms with Crippen molar-refractivity contribution in [1.82, 2.24) is 24.3 Å². The Morgan fingerprint density at radius 2 is 2.11 bits per heavy atom. The Hall–Kier alpha value is -3.95. The first-order valence-corrected chi connectivity index (χ1v) is 12.3. The average molecular weight is 541 g/mol. The fraction of sp³-hybridized carbons (Fsp3) is 0.444. The quantitative estimate of drug-likeness (QED) is 0.138. The summed E-state index contributed by atoms with van der Waals surface area (Å²) in [5.41, 5.74) is 3.64. The standard InChI is InChI=1S/C18H20N8O8S2/c1-18(2,16(29)30)34-24-14(11-8-35-17(20)22-11)13(27)5-10-12(26(15(10)28)36(31,32)33)7-25-21-6-9(23-25)3-4-19/h6,8,10,12H,3,5,7H2,1-2H3,(H2,20,22)(H,29,30)(H,31,32,33)/b24-14-/t10-,12+/m0/s1. The summed E-state index contributed by atoms with van der Waals surface area (Å²) in [5, 5.41) is 31.0. The maximum Gasteiger partial charge on any atom is 0.362 e. The highest BCUT2D eigenvalue weighted by atomic mass is 32.2. The number of nitrogen functional groups attached to an aromatic ring is 1. The van der Waals surface area contributed by atoms with Gasteiger partial charge in [0.05, 0.1) is 42.9 Å². The number of nitrogens with two attached hydrogens (primary N) is 1. The molecule has 0 unspecified atom stereocenters. The summed E-state index contributed by atoms with van der Waals surface area (Å²) in [7, 11) is -4.96. The molecule has 0 radical (unpaired) electrons. The van der Waals surface area contributed by atoms with E-state index in [-0.39, 0.29) is 28.1 Å². The van der Waals surface area contributed by atoms with Crippen molar-refractivity contribution in [1.29, 1.82) is 5.26 Å². The number of hydrogen-bond donors (Lipinski definition) is 3. The Kier molecular flexibility index (Phi) is 7.38. The predicted octanol–water partition coefficient (Wildman–Crippen LogP) is -0.744. The minimum atomic E-state index is -4.96. The molecule has 1 fully saturated rings. The normalized spacial score (nSPS) is 18.4. The molecule has 16 nitrogen and oxygen atoms in total. The monoisotopic (exact) mass is 540 g/mol. The van der Waals surface area contributed by atoms with Crippen LogP contribution in [0.5, 0.6) is 0 Å². The minimum Gasteiger partial charge on any atom is -0.478 e. The Morgan fingerprint density at radius 1 is 1.42 bits per heavy atom. The largest absolute Gasteiger partial charge is 0.478 e. The van der Waals surface area contributed by atoms with Gasteiger partial charge >= 0.3 is 16.3 Å². The number of thiazole rings is 1. The number of carboxylic acids is 1. The summed E-state index contributed by atoms with van der Waals surface area (Å²) in [6, 6.07) is 0.637. The van der Waals surface area contributed by atoms with Gasteiger partial charge < -0.3 is 15.7 Å². The van der Waals surface area contributed by atoms with Gasteiger partial charge in [-0.15, -0.1) is 11.3 Å². The van der Waals surface area contributed by atoms with Crippen LogP contribution in [0.3, 0.4) is 0 Å². The zero-order valence-electron chi connectivity index (χ0n) is 18.8. The fourth-order valence-corrected chi connectivity index (χ4v) is 4.63. The van der Waals surface area contributed by atoms with E-state index in [4.69, 9.17) is 15.8 Å². The number of carboxylic acid groups (broad SMARTS) is 1. The number of anilines is 1. The van der Waals surface area contributed by atoms with Crippen molar-refractivity contribution < 1.29 is 37.3 Å². The van der Waals surface area contributed by atoms with Crippen LogP contribution in [-0.2, 0) is 42.5 Å². The highest BCUT2D eigenvalue weighted by Crippen LogP contribution is 2.33. The number of amides is 1. The molecule has 2 aromatic rings. The van der Waals surface area contributed by atoms with Crippen molar-refractivity contribution in [3.05, 3.63) is 23.0 Å². The number of aromatic nitrogens is 4. The van der Waals surface area contributed by atoms with E-state index in [0.29, 0.717) is 5.69 Å². The number of carbonyl (C=O) groups is 3. The lowest BCUT2D eigenvalue weighted by molar-refractivity contribution is -0.161. The number of nitrogens with zero attached hydrogens (tertiary/aromatic N) is 7. The second-order valence-electron chi connectivity index (χ2n) is 8.06. The highest BCUT2D eigenvalue weighted by Gasteiger charge is 2.54. The summed E-state index contributed by atoms with van der Waals surface area (Å²) in [6.07, 6.45) is 0.631. The van der Waals surface area contributed by atoms with E-state index in [1.165, 1.54) is 25.4 Å². The molecule has 3 rings (SSSR count). The third kappa shape index (κ3) is 5.64. The van der Waals surface area contributed by atoms with Gasteiger partial charge in [0, 0.05) is 11.8 Å². The lowest BCUT2D eigenvalue weighted by Gasteiger charge is -2.43. The number of oxime groups is 1. The number of ketones is 1. The van der Waals surface area contributed by atoms with E-state index in [1.54, 1.807) is 0 Å². The maximum atomic E-state index is 13.1. The molecule has 2 aromatic heterocycles. The van der Waals surface area contributed by atoms with E-state index < -0.39 is 57.7 Å². The maximum absolute atomic E-state index is 13.1. The van der Waals surface area contributed by atoms with E-state index >= 15 is 0 Å². The molecule has 36 heavy (non-hydrogen) atoms. The Labute approximate surface area is 207 Å². The fourth-order valence-electron chi connectivity index (χ4n) is 3.16. The predicted molar refractivity (Wildman–Crippen MR) is 120 cm³/mol. The molecular weight excluding hydrogens is 520 g/mol. The third-order valence-electron chi connectivity index (χ3n) is 5.06. The summed E-state index contributed by atoms with van der Waals surface area (Å²) >= 11 is 0.973. The summed E-state index contributed by atoms with van der Waals surface area (Å²) in [4.78, 5) is 47.1. The van der Waals surface area contributed by atoms with Crippen LogP contribution in [0, 0.1) is 17.2 Å². The second-order valence-corrected chi connectivity index (χ2v) is 10.2. The van der Waals surface area contributed by atoms with Gasteiger partial charge in [0.1, 0.15) is 5.69 Å². The molecular formula is C18H20N8O8S2. The van der Waals surface area contributed by atoms with Crippen molar-refractivity contribution in [3.63, 3.8) is 0 Å². The summed E-state index contributed by atoms with van der Waals surface area (Å²) in [5.74, 6) is -4.47. The molecule has 0 bridgehead atoms. The molecule has 2 atom stereocenters. The number of Topliss-reactive ketones (excluding diaryl/α,β-unsaturated/α-hetero) is 1. The topological polar surface area (TPSA) is 244 Å². The van der Waals surface area contributed by atoms with Gasteiger partial charge in [-0.3, -0.25) is 14.1 Å². The Bertz CT molecular complexity index is 1370. The second kappa shape index (κ2) is 9.96. The average Bonchev–Trinajstić information content (AvgIpc) is 3.39. The van der Waals surface area contributed by atoms with Crippen LogP contribution < -0.4 is 5.73 Å². The van der Waals surface area contributed by atoms with E-state index in [1.807, 2.05) is 6.07 Å². The number of aliphatic carboxylic acids is 1. The molecule has 3 heterocycles. The van der Waals surface area contributed by atoms with Gasteiger partial charge in [0.25, 0.3) is 0 Å². The molecule has 1 amide bonds. The zero-order valence-corrected chi connectivity index (χ0v) is 20.4. The van der Waals surface area contributed by atoms with Crippen molar-refractivity contribution in [2.45, 2.75) is 44.9 Å². The zero-order chi connectivity index (χ0) is 26.8. The SMILES string of the molecule is CC(C)(O/N=C(\C(=O)C[C@@H]1C(=O)N(S(=O)(=O)O)[C@@H]1Cn1ncc(CC#N)n1)c1csc(N)n1)C(=O)O. The van der Waals surface area contributed by atoms with Crippen LogP contribution in [0.1, 0.15) is 31.7 Å². The van der Waals surface area contributed by atoms with Crippen LogP contribution in [0.4, 0.5) is 5.13 Å². The number of β-lactam (4-membered cyclic amide) rings is 1. The van der Waals surface area contributed by atoms with E-state index in [2.05, 4.69) is 20.3 Å². The van der Waals surface area contributed by atoms with Gasteiger partial charge in [-0.2, -0.15) is 28.7 Å². The van der Waals surface area contributed by atoms with Crippen LogP contribution >= 0.6 is 11.3 Å². The van der Waals surface area contributed by atoms with Crippen LogP contribution in [0.15, 0.2) is 16.7 Å². The molecule has 192 valence electrons. The third-order valence-corrected chi connectivity index (χ3v) is 6.68. The summed E-state index contributed by atoms with van der Waals surface area (Å²) in [6.45, 7) is 2.08. The van der Waals surface area contributed by atoms with Crippen LogP contribution in [0.2, 0.25) is 0 Å². The van der Waals surface area contributed by atoms with Gasteiger partial charge in [-0.25, -0.2) is 14.1 Å². The summed E-state index contributed by atoms with van der Waals surface area (Å²) < 4.78 is 33.2. The first-order chi connectivity index (χ1) is 16.7. The lowest BCUT2D eigenvalue weighted by Crippen LogP contribution is -2.64. The number of carbonyl (C=O) groups excluding carboxylic acids is 2. The molecule has 1 aliphatic rings. The smallest absolute Gasteiger partial charge is 0.362 e. The molecule has 18 heteroatoms. The van der Waals surface area contributed by atoms with E-state index in [9.17, 15) is 32.5 Å². The Morgan fingerprint density at radius 3 is 2.67 bits per heavy atom. The molecule has 0 saturated carbocycles. The van der Waals surface area contributed by atoms with Crippen molar-refractivity contribution in [2.24, 2.45) is 11.1 Å². The molecule has 0 spiro atoms. The van der Waals surface area contributed by atoms with Gasteiger partial charge in [0.2, 0.25) is 11.5 Å². The molecule has 4 N–H and O–H groups in total. The number of hydrogen-bond acceptors (Lipinski definition) is 13. The van der Waals surface area contributed by atoms with Crippen molar-refractivity contribution in [2.75, 3.05) is 5.73 Å². The van der Waals surface area contributed by atoms with Gasteiger partial charge in [-0.05, 0) is 13.8 Å². The molecule has 0 aromatic carbocycles. The van der Waals surface area contributed by atoms with Crippen LogP contribution in [-0.4, -0.2) is 77.4 Å². The molecule has 1 aliphatic heterocycles. The van der Waals surface area contributed by atoms with Crippen LogP contribution in [0.25, 0.3) is 0 Å². The number of rotatable bonds is 11. The van der Waals surface area contributed by atoms with Crippen molar-refractivity contribution >= 4 is 50.1 Å². The Balaban J connectivity index is 1.88. The molecule has 1 saturated heterocycles. The first kappa shape index (κ1) is 26.7. The lowest BCUT2D eigenvalue weighted by atomic mass is 9.84. The van der Waals surface area contributed by atoms with Gasteiger partial charge in [0.15, 0.2) is 16.6 Å². The van der Waals surface area contributed by atoms with E-state index in [0.717, 1.165) is 16.1 Å². The molecule has 0 aliphatic carbocycles. The first-order valence-electron chi connectivity index (χ1n) is 10.1. The van der Waals surface area contributed by atoms with Crippen molar-refractivity contribution in [3.8, 4) is 6.07 Å². The minimum absolute atomic E-state index is 0.0338. The number of nitriles is 1. The van der Waals surface area contributed by atoms with Gasteiger partial charge in [-0.1, -0.05) is 5.16 Å².